The van der Waals surface area contributed by atoms with Crippen LogP contribution in [0.25, 0.3) is 0 Å². The lowest BCUT2D eigenvalue weighted by atomic mass is 10.2. The smallest absolute Gasteiger partial charge is 0.271 e. The second kappa shape index (κ2) is 7.72. The van der Waals surface area contributed by atoms with Crippen molar-refractivity contribution in [2.45, 2.75) is 29.5 Å². The first-order chi connectivity index (χ1) is 13.5. The van der Waals surface area contributed by atoms with E-state index in [-0.39, 0.29) is 10.1 Å². The zero-order valence-electron chi connectivity index (χ0n) is 14.9. The molecule has 1 amide bonds. The molecule has 146 valence electrons. The van der Waals surface area contributed by atoms with Crippen molar-refractivity contribution in [3.63, 3.8) is 0 Å². The molecule has 0 bridgehead atoms. The van der Waals surface area contributed by atoms with Gasteiger partial charge in [-0.15, -0.1) is 21.5 Å². The van der Waals surface area contributed by atoms with Crippen LogP contribution < -0.4 is 10.0 Å². The van der Waals surface area contributed by atoms with Crippen LogP contribution in [-0.2, 0) is 16.6 Å². The maximum Gasteiger partial charge on any atom is 0.271 e. The fourth-order valence-corrected chi connectivity index (χ4v) is 4.85. The van der Waals surface area contributed by atoms with Crippen molar-refractivity contribution in [3.05, 3.63) is 59.5 Å². The van der Waals surface area contributed by atoms with Crippen LogP contribution >= 0.6 is 11.3 Å². The van der Waals surface area contributed by atoms with Gasteiger partial charge in [-0.25, -0.2) is 8.42 Å². The number of rotatable bonds is 8. The first-order valence-corrected chi connectivity index (χ1v) is 11.2. The highest BCUT2D eigenvalue weighted by atomic mass is 32.2. The fraction of sp³-hybridized carbons (Fsp3) is 0.278. The van der Waals surface area contributed by atoms with Crippen molar-refractivity contribution >= 4 is 33.0 Å². The lowest BCUT2D eigenvalue weighted by Crippen LogP contribution is -2.27. The van der Waals surface area contributed by atoms with E-state index in [0.29, 0.717) is 30.3 Å². The number of hydrogen-bond acceptors (Lipinski definition) is 6. The molecule has 1 fully saturated rings. The lowest BCUT2D eigenvalue weighted by Gasteiger charge is -2.09. The van der Waals surface area contributed by atoms with E-state index >= 15 is 0 Å². The van der Waals surface area contributed by atoms with Crippen LogP contribution in [0.2, 0.25) is 0 Å². The summed E-state index contributed by atoms with van der Waals surface area (Å²) < 4.78 is 29.2. The standard InChI is InChI=1S/C18H19N5O3S2/c24-18(19-9-10-23-12-20-21-17(23)13-3-4-13)14-5-7-15(8-6-14)22-28(25,26)16-2-1-11-27-16/h1-2,5-8,11-13,22H,3-4,9-10H2,(H,19,24). The molecule has 1 aliphatic carbocycles. The van der Waals surface area contributed by atoms with Crippen LogP contribution in [-0.4, -0.2) is 35.6 Å². The molecule has 10 heteroatoms. The van der Waals surface area contributed by atoms with Crippen LogP contribution in [0.1, 0.15) is 34.9 Å². The van der Waals surface area contributed by atoms with Crippen molar-refractivity contribution in [2.75, 3.05) is 11.3 Å². The van der Waals surface area contributed by atoms with Gasteiger partial charge in [0.2, 0.25) is 0 Å². The molecule has 3 aromatic rings. The predicted molar refractivity (Wildman–Crippen MR) is 106 cm³/mol. The number of anilines is 1. The van der Waals surface area contributed by atoms with Gasteiger partial charge in [0.05, 0.1) is 0 Å². The molecule has 28 heavy (non-hydrogen) atoms. The lowest BCUT2D eigenvalue weighted by molar-refractivity contribution is 0.0952. The molecule has 2 heterocycles. The zero-order chi connectivity index (χ0) is 19.6. The zero-order valence-corrected chi connectivity index (χ0v) is 16.5. The predicted octanol–water partition coefficient (Wildman–Crippen LogP) is 2.45. The van der Waals surface area contributed by atoms with Crippen LogP contribution in [0.5, 0.6) is 0 Å². The van der Waals surface area contributed by atoms with E-state index in [0.717, 1.165) is 30.0 Å². The van der Waals surface area contributed by atoms with Gasteiger partial charge >= 0.3 is 0 Å². The fourth-order valence-electron chi connectivity index (χ4n) is 2.80. The van der Waals surface area contributed by atoms with Gasteiger partial charge < -0.3 is 9.88 Å². The van der Waals surface area contributed by atoms with Gasteiger partial charge in [-0.2, -0.15) is 0 Å². The highest BCUT2D eigenvalue weighted by molar-refractivity contribution is 7.94. The Hall–Kier alpha value is -2.72. The normalized spacial score (nSPS) is 14.0. The van der Waals surface area contributed by atoms with Gasteiger partial charge in [0.15, 0.2) is 0 Å². The molecule has 0 spiro atoms. The van der Waals surface area contributed by atoms with Crippen molar-refractivity contribution in [1.82, 2.24) is 20.1 Å². The van der Waals surface area contributed by atoms with Crippen LogP contribution in [0.4, 0.5) is 5.69 Å². The maximum atomic E-state index is 12.3. The van der Waals surface area contributed by atoms with Crippen LogP contribution in [0, 0.1) is 0 Å². The summed E-state index contributed by atoms with van der Waals surface area (Å²) in [4.78, 5) is 12.3. The molecule has 8 nitrogen and oxygen atoms in total. The molecule has 2 aromatic heterocycles. The van der Waals surface area contributed by atoms with E-state index in [1.54, 1.807) is 48.1 Å². The van der Waals surface area contributed by atoms with E-state index in [4.69, 9.17) is 0 Å². The van der Waals surface area contributed by atoms with Crippen LogP contribution in [0.3, 0.4) is 0 Å². The highest BCUT2D eigenvalue weighted by Gasteiger charge is 2.28. The van der Waals surface area contributed by atoms with Crippen molar-refractivity contribution < 1.29 is 13.2 Å². The van der Waals surface area contributed by atoms with Gasteiger partial charge in [-0.05, 0) is 48.6 Å². The Morgan fingerprint density at radius 2 is 2.00 bits per heavy atom. The number of aromatic nitrogens is 3. The molecule has 1 aliphatic rings. The maximum absolute atomic E-state index is 12.3. The van der Waals surface area contributed by atoms with Crippen molar-refractivity contribution in [1.29, 1.82) is 0 Å². The molecule has 1 saturated carbocycles. The third-order valence-corrected chi connectivity index (χ3v) is 7.16. The molecule has 0 unspecified atom stereocenters. The molecule has 1 aromatic carbocycles. The molecule has 2 N–H and O–H groups in total. The van der Waals surface area contributed by atoms with E-state index in [1.165, 1.54) is 0 Å². The quantitative estimate of drug-likeness (QED) is 0.586. The minimum absolute atomic E-state index is 0.214. The first-order valence-electron chi connectivity index (χ1n) is 8.85. The Bertz CT molecular complexity index is 1060. The summed E-state index contributed by atoms with van der Waals surface area (Å²) >= 11 is 1.15. The second-order valence-corrected chi connectivity index (χ2v) is 9.38. The number of nitrogens with zero attached hydrogens (tertiary/aromatic N) is 3. The summed E-state index contributed by atoms with van der Waals surface area (Å²) in [6.45, 7) is 1.08. The van der Waals surface area contributed by atoms with E-state index in [1.807, 2.05) is 4.57 Å². The Balaban J connectivity index is 1.32. The minimum atomic E-state index is -3.60. The molecular weight excluding hydrogens is 398 g/mol. The molecule has 4 rings (SSSR count). The third kappa shape index (κ3) is 4.23. The summed E-state index contributed by atoms with van der Waals surface area (Å²) in [7, 11) is -3.60. The number of thiophene rings is 1. The SMILES string of the molecule is O=C(NCCn1cnnc1C1CC1)c1ccc(NS(=O)(=O)c2cccs2)cc1. The Kier molecular flexibility index (Phi) is 5.14. The van der Waals surface area contributed by atoms with Gasteiger partial charge in [0.1, 0.15) is 16.4 Å². The van der Waals surface area contributed by atoms with Crippen molar-refractivity contribution in [2.24, 2.45) is 0 Å². The van der Waals surface area contributed by atoms with E-state index in [9.17, 15) is 13.2 Å². The molecule has 0 saturated heterocycles. The number of sulfonamides is 1. The number of carbonyl (C=O) groups is 1. The Labute approximate surface area is 166 Å². The second-order valence-electron chi connectivity index (χ2n) is 6.53. The summed E-state index contributed by atoms with van der Waals surface area (Å²) in [5, 5.41) is 12.6. The summed E-state index contributed by atoms with van der Waals surface area (Å²) in [5.41, 5.74) is 0.869. The molecule has 0 aliphatic heterocycles. The Morgan fingerprint density at radius 1 is 1.21 bits per heavy atom. The largest absolute Gasteiger partial charge is 0.350 e. The molecular formula is C18H19N5O3S2. The monoisotopic (exact) mass is 417 g/mol. The molecule has 0 radical (unpaired) electrons. The average Bonchev–Trinajstić information content (AvgIpc) is 3.17. The third-order valence-electron chi connectivity index (χ3n) is 4.39. The summed E-state index contributed by atoms with van der Waals surface area (Å²) in [6, 6.07) is 9.56. The van der Waals surface area contributed by atoms with E-state index < -0.39 is 10.0 Å². The number of benzene rings is 1. The number of nitrogens with one attached hydrogen (secondary N) is 2. The summed E-state index contributed by atoms with van der Waals surface area (Å²) in [5.74, 6) is 1.27. The topological polar surface area (TPSA) is 106 Å². The number of carbonyl (C=O) groups excluding carboxylic acids is 1. The van der Waals surface area contributed by atoms with E-state index in [2.05, 4.69) is 20.2 Å². The number of hydrogen-bond donors (Lipinski definition) is 2. The highest BCUT2D eigenvalue weighted by Crippen LogP contribution is 2.38. The van der Waals surface area contributed by atoms with Crippen molar-refractivity contribution in [3.8, 4) is 0 Å². The minimum Gasteiger partial charge on any atom is -0.350 e. The first kappa shape index (κ1) is 18.6. The van der Waals surface area contributed by atoms with Gasteiger partial charge in [-0.1, -0.05) is 6.07 Å². The molecule has 0 atom stereocenters. The van der Waals surface area contributed by atoms with Gasteiger partial charge in [-0.3, -0.25) is 9.52 Å². The Morgan fingerprint density at radius 3 is 2.68 bits per heavy atom. The van der Waals surface area contributed by atoms with Crippen LogP contribution in [0.15, 0.2) is 52.3 Å². The summed E-state index contributed by atoms with van der Waals surface area (Å²) in [6.07, 6.45) is 3.98. The van der Waals surface area contributed by atoms with Gasteiger partial charge in [0, 0.05) is 30.3 Å². The number of amides is 1. The average molecular weight is 418 g/mol. The van der Waals surface area contributed by atoms with Gasteiger partial charge in [0.25, 0.3) is 15.9 Å².